The topological polar surface area (TPSA) is 37.4 Å². The maximum absolute atomic E-state index is 14.0. The van der Waals surface area contributed by atoms with Crippen molar-refractivity contribution in [2.75, 3.05) is 6.54 Å². The summed E-state index contributed by atoms with van der Waals surface area (Å²) in [6.45, 7) is 7.33. The van der Waals surface area contributed by atoms with Crippen LogP contribution >= 0.6 is 11.6 Å². The minimum absolute atomic E-state index is 0.0614. The van der Waals surface area contributed by atoms with Gasteiger partial charge in [0.05, 0.1) is 0 Å². The molecule has 0 heterocycles. The van der Waals surface area contributed by atoms with Crippen LogP contribution in [0, 0.1) is 17.6 Å². The van der Waals surface area contributed by atoms with Gasteiger partial charge in [0.25, 0.3) is 0 Å². The van der Waals surface area contributed by atoms with E-state index < -0.39 is 26.6 Å². The SMILES string of the molecule is CC(C)CN(C(C)C)S(=O)(=O)c1cc(CCl)cc(F)c1F. The Morgan fingerprint density at radius 3 is 2.19 bits per heavy atom. The third kappa shape index (κ3) is 4.14. The van der Waals surface area contributed by atoms with Crippen LogP contribution in [0.5, 0.6) is 0 Å². The average Bonchev–Trinajstić information content (AvgIpc) is 2.38. The zero-order chi connectivity index (χ0) is 16.4. The molecule has 0 aliphatic heterocycles. The van der Waals surface area contributed by atoms with E-state index in [2.05, 4.69) is 0 Å². The van der Waals surface area contributed by atoms with Crippen LogP contribution in [0.3, 0.4) is 0 Å². The predicted molar refractivity (Wildman–Crippen MR) is 79.8 cm³/mol. The molecule has 0 unspecified atom stereocenters. The fraction of sp³-hybridized carbons (Fsp3) is 0.571. The fourth-order valence-corrected chi connectivity index (χ4v) is 4.04. The molecule has 0 fully saturated rings. The maximum atomic E-state index is 14.0. The van der Waals surface area contributed by atoms with Gasteiger partial charge in [-0.3, -0.25) is 0 Å². The zero-order valence-corrected chi connectivity index (χ0v) is 14.1. The molecule has 0 aliphatic carbocycles. The minimum Gasteiger partial charge on any atom is -0.207 e. The van der Waals surface area contributed by atoms with Crippen molar-refractivity contribution in [1.82, 2.24) is 4.31 Å². The first kappa shape index (κ1) is 18.3. The Hall–Kier alpha value is -0.720. The van der Waals surface area contributed by atoms with Crippen molar-refractivity contribution in [1.29, 1.82) is 0 Å². The Morgan fingerprint density at radius 2 is 1.76 bits per heavy atom. The second-order valence-electron chi connectivity index (χ2n) is 5.59. The molecule has 0 bridgehead atoms. The zero-order valence-electron chi connectivity index (χ0n) is 12.5. The quantitative estimate of drug-likeness (QED) is 0.740. The van der Waals surface area contributed by atoms with Crippen LogP contribution in [-0.4, -0.2) is 25.3 Å². The third-order valence-electron chi connectivity index (χ3n) is 2.92. The van der Waals surface area contributed by atoms with Gasteiger partial charge in [-0.05, 0) is 37.5 Å². The Labute approximate surface area is 130 Å². The van der Waals surface area contributed by atoms with E-state index in [4.69, 9.17) is 11.6 Å². The van der Waals surface area contributed by atoms with Crippen LogP contribution in [0.4, 0.5) is 8.78 Å². The summed E-state index contributed by atoms with van der Waals surface area (Å²) in [7, 11) is -4.12. The number of alkyl halides is 1. The van der Waals surface area contributed by atoms with Gasteiger partial charge in [0.2, 0.25) is 10.0 Å². The number of nitrogens with zero attached hydrogens (tertiary/aromatic N) is 1. The first-order valence-electron chi connectivity index (χ1n) is 6.67. The molecule has 1 aromatic rings. The summed E-state index contributed by atoms with van der Waals surface area (Å²) in [6, 6.07) is 1.64. The third-order valence-corrected chi connectivity index (χ3v) is 5.27. The van der Waals surface area contributed by atoms with Gasteiger partial charge in [-0.1, -0.05) is 13.8 Å². The number of sulfonamides is 1. The van der Waals surface area contributed by atoms with Gasteiger partial charge < -0.3 is 0 Å². The molecule has 1 rings (SSSR count). The molecule has 0 atom stereocenters. The molecule has 0 amide bonds. The smallest absolute Gasteiger partial charge is 0.207 e. The Balaban J connectivity index is 3.44. The largest absolute Gasteiger partial charge is 0.246 e. The van der Waals surface area contributed by atoms with Crippen molar-refractivity contribution in [3.63, 3.8) is 0 Å². The summed E-state index contributed by atoms with van der Waals surface area (Å²) < 4.78 is 53.9. The molecular weight excluding hydrogens is 320 g/mol. The Morgan fingerprint density at radius 1 is 1.19 bits per heavy atom. The molecule has 0 aromatic heterocycles. The molecule has 21 heavy (non-hydrogen) atoms. The first-order valence-corrected chi connectivity index (χ1v) is 8.64. The van der Waals surface area contributed by atoms with Crippen LogP contribution in [0.15, 0.2) is 17.0 Å². The van der Waals surface area contributed by atoms with E-state index in [0.717, 1.165) is 12.1 Å². The van der Waals surface area contributed by atoms with Gasteiger partial charge in [0.1, 0.15) is 4.90 Å². The van der Waals surface area contributed by atoms with Crippen LogP contribution in [0.2, 0.25) is 0 Å². The number of benzene rings is 1. The van der Waals surface area contributed by atoms with Crippen molar-refractivity contribution >= 4 is 21.6 Å². The van der Waals surface area contributed by atoms with Gasteiger partial charge >= 0.3 is 0 Å². The first-order chi connectivity index (χ1) is 9.61. The predicted octanol–water partition coefficient (Wildman–Crippen LogP) is 3.76. The normalized spacial score (nSPS) is 12.7. The highest BCUT2D eigenvalue weighted by Crippen LogP contribution is 2.26. The molecule has 120 valence electrons. The number of hydrogen-bond acceptors (Lipinski definition) is 2. The van der Waals surface area contributed by atoms with Crippen molar-refractivity contribution in [2.45, 2.75) is 44.5 Å². The molecule has 1 aromatic carbocycles. The lowest BCUT2D eigenvalue weighted by Gasteiger charge is -2.27. The van der Waals surface area contributed by atoms with Gasteiger partial charge in [0.15, 0.2) is 11.6 Å². The summed E-state index contributed by atoms with van der Waals surface area (Å²) in [5.41, 5.74) is 0.224. The highest BCUT2D eigenvalue weighted by atomic mass is 35.5. The Bertz CT molecular complexity index is 603. The average molecular weight is 340 g/mol. The van der Waals surface area contributed by atoms with Crippen LogP contribution in [0.25, 0.3) is 0 Å². The van der Waals surface area contributed by atoms with E-state index in [-0.39, 0.29) is 29.9 Å². The van der Waals surface area contributed by atoms with Gasteiger partial charge in [-0.2, -0.15) is 4.31 Å². The van der Waals surface area contributed by atoms with E-state index in [9.17, 15) is 17.2 Å². The molecule has 0 aliphatic rings. The number of hydrogen-bond donors (Lipinski definition) is 0. The van der Waals surface area contributed by atoms with Crippen LogP contribution in [-0.2, 0) is 15.9 Å². The molecule has 0 radical (unpaired) electrons. The summed E-state index contributed by atoms with van der Waals surface area (Å²) >= 11 is 5.60. The number of rotatable bonds is 6. The summed E-state index contributed by atoms with van der Waals surface area (Å²) in [6.07, 6.45) is 0. The van der Waals surface area contributed by atoms with Crippen molar-refractivity contribution in [3.05, 3.63) is 29.3 Å². The van der Waals surface area contributed by atoms with Gasteiger partial charge in [0, 0.05) is 18.5 Å². The summed E-state index contributed by atoms with van der Waals surface area (Å²) in [4.78, 5) is -0.660. The van der Waals surface area contributed by atoms with E-state index >= 15 is 0 Å². The van der Waals surface area contributed by atoms with Crippen molar-refractivity contribution in [2.24, 2.45) is 5.92 Å². The van der Waals surface area contributed by atoms with E-state index in [1.807, 2.05) is 13.8 Å². The highest BCUT2D eigenvalue weighted by molar-refractivity contribution is 7.89. The maximum Gasteiger partial charge on any atom is 0.246 e. The second kappa shape index (κ2) is 7.03. The van der Waals surface area contributed by atoms with E-state index in [1.165, 1.54) is 4.31 Å². The lowest BCUT2D eigenvalue weighted by molar-refractivity contribution is 0.316. The Kier molecular flexibility index (Phi) is 6.13. The number of halogens is 3. The summed E-state index contributed by atoms with van der Waals surface area (Å²) in [5.74, 6) is -2.60. The molecule has 0 saturated heterocycles. The molecule has 3 nitrogen and oxygen atoms in total. The summed E-state index contributed by atoms with van der Waals surface area (Å²) in [5, 5.41) is 0. The monoisotopic (exact) mass is 339 g/mol. The minimum atomic E-state index is -4.12. The van der Waals surface area contributed by atoms with Gasteiger partial charge in [-0.15, -0.1) is 11.6 Å². The standard InChI is InChI=1S/C14H20ClF2NO2S/c1-9(2)8-18(10(3)4)21(19,20)13-6-11(7-15)5-12(16)14(13)17/h5-6,9-10H,7-8H2,1-4H3. The molecule has 0 spiro atoms. The second-order valence-corrected chi connectivity index (χ2v) is 7.71. The fourth-order valence-electron chi connectivity index (χ4n) is 1.95. The molecule has 0 saturated carbocycles. The molecule has 7 heteroatoms. The van der Waals surface area contributed by atoms with Gasteiger partial charge in [-0.25, -0.2) is 17.2 Å². The molecule has 0 N–H and O–H groups in total. The van der Waals surface area contributed by atoms with E-state index in [1.54, 1.807) is 13.8 Å². The van der Waals surface area contributed by atoms with E-state index in [0.29, 0.717) is 0 Å². The lowest BCUT2D eigenvalue weighted by atomic mass is 10.2. The molecular formula is C14H20ClF2NO2S. The van der Waals surface area contributed by atoms with Crippen molar-refractivity contribution < 1.29 is 17.2 Å². The lowest BCUT2D eigenvalue weighted by Crippen LogP contribution is -2.40. The highest BCUT2D eigenvalue weighted by Gasteiger charge is 2.31. The van der Waals surface area contributed by atoms with Crippen LogP contribution in [0.1, 0.15) is 33.3 Å². The van der Waals surface area contributed by atoms with Crippen molar-refractivity contribution in [3.8, 4) is 0 Å². The van der Waals surface area contributed by atoms with Crippen LogP contribution < -0.4 is 0 Å².